The van der Waals surface area contributed by atoms with Crippen molar-refractivity contribution in [1.29, 1.82) is 0 Å². The van der Waals surface area contributed by atoms with Crippen molar-refractivity contribution in [2.24, 2.45) is 0 Å². The molecule has 0 unspecified atom stereocenters. The van der Waals surface area contributed by atoms with E-state index in [0.29, 0.717) is 30.0 Å². The van der Waals surface area contributed by atoms with Gasteiger partial charge in [0.1, 0.15) is 12.4 Å². The van der Waals surface area contributed by atoms with Gasteiger partial charge in [-0.05, 0) is 42.8 Å². The molecule has 6 nitrogen and oxygen atoms in total. The maximum atomic E-state index is 12.1. The minimum atomic E-state index is -0.324. The number of nitrogens with one attached hydrogen (secondary N) is 1. The average molecular weight is 386 g/mol. The van der Waals surface area contributed by atoms with Gasteiger partial charge in [0.15, 0.2) is 0 Å². The van der Waals surface area contributed by atoms with E-state index < -0.39 is 0 Å². The first-order chi connectivity index (χ1) is 13.1. The molecule has 0 radical (unpaired) electrons. The number of methoxy groups -OCH3 is 1. The number of rotatable bonds is 7. The molecule has 1 N–H and O–H groups in total. The predicted octanol–water partition coefficient (Wildman–Crippen LogP) is 3.23. The van der Waals surface area contributed by atoms with Crippen LogP contribution in [0.3, 0.4) is 0 Å². The fraction of sp³-hybridized carbons (Fsp3) is 0.250. The second kappa shape index (κ2) is 8.68. The molecular weight excluding hydrogens is 366 g/mol. The molecule has 7 heteroatoms. The number of hydrogen-bond donors (Lipinski definition) is 1. The summed E-state index contributed by atoms with van der Waals surface area (Å²) in [6.45, 7) is 0.617. The summed E-state index contributed by atoms with van der Waals surface area (Å²) in [5.74, 6) is 0.326. The van der Waals surface area contributed by atoms with Gasteiger partial charge >= 0.3 is 5.97 Å². The summed E-state index contributed by atoms with van der Waals surface area (Å²) in [6, 6.07) is 14.4. The van der Waals surface area contributed by atoms with Gasteiger partial charge in [0.25, 0.3) is 5.91 Å². The number of carbonyl (C=O) groups is 2. The second-order valence-corrected chi connectivity index (χ2v) is 6.48. The predicted molar refractivity (Wildman–Crippen MR) is 104 cm³/mol. The number of para-hydroxylation sites is 2. The van der Waals surface area contributed by atoms with Crippen LogP contribution in [-0.4, -0.2) is 35.1 Å². The Balaban J connectivity index is 1.62. The molecule has 3 aromatic rings. The van der Waals surface area contributed by atoms with E-state index in [2.05, 4.69) is 10.3 Å². The van der Waals surface area contributed by atoms with E-state index in [1.54, 1.807) is 24.3 Å². The zero-order valence-electron chi connectivity index (χ0n) is 14.9. The molecule has 140 valence electrons. The van der Waals surface area contributed by atoms with Crippen molar-refractivity contribution in [3.8, 4) is 0 Å². The summed E-state index contributed by atoms with van der Waals surface area (Å²) in [5, 5.41) is 3.48. The van der Waals surface area contributed by atoms with E-state index in [-0.39, 0.29) is 18.4 Å². The van der Waals surface area contributed by atoms with Crippen molar-refractivity contribution in [3.05, 3.63) is 64.9 Å². The molecule has 2 aromatic carbocycles. The Morgan fingerprint density at radius 2 is 1.89 bits per heavy atom. The van der Waals surface area contributed by atoms with E-state index in [1.807, 2.05) is 28.8 Å². The summed E-state index contributed by atoms with van der Waals surface area (Å²) in [6.07, 6.45) is 1.33. The molecule has 0 fully saturated rings. The Morgan fingerprint density at radius 1 is 1.15 bits per heavy atom. The summed E-state index contributed by atoms with van der Waals surface area (Å²) in [7, 11) is 1.37. The molecular formula is C20H20ClN3O3. The van der Waals surface area contributed by atoms with Crippen molar-refractivity contribution >= 4 is 34.5 Å². The molecule has 0 spiro atoms. The van der Waals surface area contributed by atoms with Crippen LogP contribution in [0.15, 0.2) is 48.5 Å². The van der Waals surface area contributed by atoms with Gasteiger partial charge in [-0.1, -0.05) is 23.7 Å². The lowest BCUT2D eigenvalue weighted by molar-refractivity contribution is -0.141. The number of benzene rings is 2. The van der Waals surface area contributed by atoms with Crippen LogP contribution in [0, 0.1) is 0 Å². The van der Waals surface area contributed by atoms with Crippen LogP contribution in [0.25, 0.3) is 11.0 Å². The van der Waals surface area contributed by atoms with Crippen molar-refractivity contribution in [2.75, 3.05) is 13.7 Å². The van der Waals surface area contributed by atoms with Crippen molar-refractivity contribution < 1.29 is 14.3 Å². The highest BCUT2D eigenvalue weighted by molar-refractivity contribution is 6.30. The van der Waals surface area contributed by atoms with Crippen LogP contribution in [0.2, 0.25) is 5.02 Å². The molecule has 0 aliphatic heterocycles. The van der Waals surface area contributed by atoms with Gasteiger partial charge in [-0.2, -0.15) is 0 Å². The minimum Gasteiger partial charge on any atom is -0.468 e. The van der Waals surface area contributed by atoms with E-state index in [4.69, 9.17) is 16.3 Å². The first-order valence-corrected chi connectivity index (χ1v) is 9.01. The van der Waals surface area contributed by atoms with Gasteiger partial charge in [-0.15, -0.1) is 0 Å². The van der Waals surface area contributed by atoms with Crippen molar-refractivity contribution in [1.82, 2.24) is 14.9 Å². The van der Waals surface area contributed by atoms with Crippen molar-refractivity contribution in [3.63, 3.8) is 0 Å². The topological polar surface area (TPSA) is 73.2 Å². The van der Waals surface area contributed by atoms with Gasteiger partial charge in [0, 0.05) is 23.6 Å². The van der Waals surface area contributed by atoms with Crippen LogP contribution < -0.4 is 5.32 Å². The number of carbonyl (C=O) groups excluding carboxylic acids is 2. The minimum absolute atomic E-state index is 0.115. The number of aromatic nitrogens is 2. The SMILES string of the molecule is COC(=O)Cn1c(CCCNC(=O)c2ccc(Cl)cc2)nc2ccccc21. The average Bonchev–Trinajstić information content (AvgIpc) is 3.03. The number of esters is 1. The van der Waals surface area contributed by atoms with E-state index in [0.717, 1.165) is 16.9 Å². The van der Waals surface area contributed by atoms with Crippen molar-refractivity contribution in [2.45, 2.75) is 19.4 Å². The maximum absolute atomic E-state index is 12.1. The number of nitrogens with zero attached hydrogens (tertiary/aromatic N) is 2. The monoisotopic (exact) mass is 385 g/mol. The number of halogens is 1. The molecule has 0 aliphatic rings. The molecule has 1 aromatic heterocycles. The summed E-state index contributed by atoms with van der Waals surface area (Å²) in [4.78, 5) is 28.5. The van der Waals surface area contributed by atoms with Gasteiger partial charge in [0.05, 0.1) is 18.1 Å². The van der Waals surface area contributed by atoms with E-state index in [9.17, 15) is 9.59 Å². The molecule has 27 heavy (non-hydrogen) atoms. The quantitative estimate of drug-likeness (QED) is 0.500. The zero-order valence-corrected chi connectivity index (χ0v) is 15.7. The Bertz CT molecular complexity index is 951. The number of imidazole rings is 1. The molecule has 0 bridgehead atoms. The summed E-state index contributed by atoms with van der Waals surface area (Å²) in [5.41, 5.74) is 2.29. The van der Waals surface area contributed by atoms with Gasteiger partial charge in [-0.3, -0.25) is 9.59 Å². The number of amides is 1. The standard InChI is InChI=1S/C20H20ClN3O3/c1-27-19(25)13-24-17-6-3-2-5-16(17)23-18(24)7-4-12-22-20(26)14-8-10-15(21)11-9-14/h2-3,5-6,8-11H,4,7,12-13H2,1H3,(H,22,26). The lowest BCUT2D eigenvalue weighted by Gasteiger charge is -2.09. The normalized spacial score (nSPS) is 10.7. The molecule has 1 heterocycles. The summed E-state index contributed by atoms with van der Waals surface area (Å²) < 4.78 is 6.65. The second-order valence-electron chi connectivity index (χ2n) is 6.05. The van der Waals surface area contributed by atoms with Crippen LogP contribution in [0.1, 0.15) is 22.6 Å². The van der Waals surface area contributed by atoms with E-state index in [1.165, 1.54) is 7.11 Å². The first kappa shape index (κ1) is 18.9. The Hall–Kier alpha value is -2.86. The van der Waals surface area contributed by atoms with Crippen LogP contribution in [0.5, 0.6) is 0 Å². The molecule has 0 atom stereocenters. The third-order valence-corrected chi connectivity index (χ3v) is 4.47. The Morgan fingerprint density at radius 3 is 2.63 bits per heavy atom. The Labute approximate surface area is 162 Å². The fourth-order valence-corrected chi connectivity index (χ4v) is 2.96. The largest absolute Gasteiger partial charge is 0.468 e. The number of hydrogen-bond acceptors (Lipinski definition) is 4. The zero-order chi connectivity index (χ0) is 19.2. The molecule has 3 rings (SSSR count). The fourth-order valence-electron chi connectivity index (χ4n) is 2.84. The highest BCUT2D eigenvalue weighted by Crippen LogP contribution is 2.17. The highest BCUT2D eigenvalue weighted by Gasteiger charge is 2.13. The maximum Gasteiger partial charge on any atom is 0.325 e. The summed E-state index contributed by atoms with van der Waals surface area (Å²) >= 11 is 5.83. The van der Waals surface area contributed by atoms with Crippen LogP contribution in [0.4, 0.5) is 0 Å². The molecule has 1 amide bonds. The Kier molecular flexibility index (Phi) is 6.08. The molecule has 0 aliphatic carbocycles. The number of ether oxygens (including phenoxy) is 1. The molecule has 0 saturated heterocycles. The van der Waals surface area contributed by atoms with Gasteiger partial charge in [0.2, 0.25) is 0 Å². The van der Waals surface area contributed by atoms with E-state index >= 15 is 0 Å². The van der Waals surface area contributed by atoms with Gasteiger partial charge < -0.3 is 14.6 Å². The highest BCUT2D eigenvalue weighted by atomic mass is 35.5. The number of fused-ring (bicyclic) bond motifs is 1. The number of aryl methyl sites for hydroxylation is 1. The third kappa shape index (κ3) is 4.65. The lowest BCUT2D eigenvalue weighted by Crippen LogP contribution is -2.25. The third-order valence-electron chi connectivity index (χ3n) is 4.22. The van der Waals surface area contributed by atoms with Crippen LogP contribution in [-0.2, 0) is 22.5 Å². The van der Waals surface area contributed by atoms with Gasteiger partial charge in [-0.25, -0.2) is 4.98 Å². The lowest BCUT2D eigenvalue weighted by atomic mass is 10.2. The first-order valence-electron chi connectivity index (χ1n) is 8.63. The smallest absolute Gasteiger partial charge is 0.325 e. The van der Waals surface area contributed by atoms with Crippen LogP contribution >= 0.6 is 11.6 Å². The molecule has 0 saturated carbocycles.